The van der Waals surface area contributed by atoms with E-state index < -0.39 is 8.18 Å². The lowest BCUT2D eigenvalue weighted by Gasteiger charge is -2.23. The molecule has 0 aromatic carbocycles. The molecule has 0 amide bonds. The summed E-state index contributed by atoms with van der Waals surface area (Å²) < 4.78 is 17.5. The quantitative estimate of drug-likeness (QED) is 0.769. The molecule has 2 aliphatic rings. The highest BCUT2D eigenvalue weighted by Crippen LogP contribution is 2.32. The van der Waals surface area contributed by atoms with Gasteiger partial charge in [0.2, 0.25) is 0 Å². The van der Waals surface area contributed by atoms with E-state index in [2.05, 4.69) is 12.0 Å². The molecule has 3 nitrogen and oxygen atoms in total. The van der Waals surface area contributed by atoms with Gasteiger partial charge in [0, 0.05) is 0 Å². The Kier molecular flexibility index (Phi) is 5.40. The standard InChI is InChI=1S/C13H25NO2P/c1-11-7-9-12(10-8-11)14-17(15)16-13-5-3-2-4-6-13/h11-13H,2-10H2,1H3,(H,14,15)/q+1. The van der Waals surface area contributed by atoms with Gasteiger partial charge in [0.25, 0.3) is 0 Å². The van der Waals surface area contributed by atoms with Crippen molar-refractivity contribution in [3.05, 3.63) is 0 Å². The number of hydrogen-bond acceptors (Lipinski definition) is 2. The van der Waals surface area contributed by atoms with E-state index in [1.54, 1.807) is 0 Å². The van der Waals surface area contributed by atoms with Crippen molar-refractivity contribution in [1.29, 1.82) is 0 Å². The third-order valence-electron chi connectivity index (χ3n) is 4.10. The van der Waals surface area contributed by atoms with Crippen molar-refractivity contribution in [2.45, 2.75) is 76.9 Å². The van der Waals surface area contributed by atoms with Gasteiger partial charge in [-0.1, -0.05) is 31.3 Å². The van der Waals surface area contributed by atoms with Crippen LogP contribution in [0.3, 0.4) is 0 Å². The first kappa shape index (κ1) is 13.5. The highest BCUT2D eigenvalue weighted by atomic mass is 31.1. The zero-order chi connectivity index (χ0) is 12.1. The molecule has 0 bridgehead atoms. The second-order valence-electron chi connectivity index (χ2n) is 5.71. The fraction of sp³-hybridized carbons (Fsp3) is 1.00. The van der Waals surface area contributed by atoms with E-state index in [0.717, 1.165) is 31.6 Å². The van der Waals surface area contributed by atoms with Gasteiger partial charge < -0.3 is 0 Å². The summed E-state index contributed by atoms with van der Waals surface area (Å²) >= 11 is 0. The number of rotatable bonds is 4. The molecule has 0 radical (unpaired) electrons. The zero-order valence-corrected chi connectivity index (χ0v) is 11.8. The second kappa shape index (κ2) is 6.82. The number of nitrogens with one attached hydrogen (secondary N) is 1. The minimum Gasteiger partial charge on any atom is -0.127 e. The largest absolute Gasteiger partial charge is 0.613 e. The highest BCUT2D eigenvalue weighted by molar-refractivity contribution is 7.36. The van der Waals surface area contributed by atoms with Crippen molar-refractivity contribution < 1.29 is 9.09 Å². The van der Waals surface area contributed by atoms with E-state index >= 15 is 0 Å². The van der Waals surface area contributed by atoms with Gasteiger partial charge in [-0.25, -0.2) is 0 Å². The summed E-state index contributed by atoms with van der Waals surface area (Å²) in [5, 5.41) is 3.17. The molecule has 17 heavy (non-hydrogen) atoms. The Balaban J connectivity index is 1.66. The molecular formula is C13H25NO2P+. The molecule has 0 aliphatic heterocycles. The summed E-state index contributed by atoms with van der Waals surface area (Å²) in [5.41, 5.74) is 0. The zero-order valence-electron chi connectivity index (χ0n) is 10.9. The molecule has 4 heteroatoms. The van der Waals surface area contributed by atoms with Gasteiger partial charge in [-0.2, -0.15) is 0 Å². The van der Waals surface area contributed by atoms with E-state index in [9.17, 15) is 4.57 Å². The summed E-state index contributed by atoms with van der Waals surface area (Å²) in [5.74, 6) is 0.838. The Morgan fingerprint density at radius 3 is 2.29 bits per heavy atom. The smallest absolute Gasteiger partial charge is 0.127 e. The van der Waals surface area contributed by atoms with Crippen molar-refractivity contribution in [2.24, 2.45) is 5.92 Å². The van der Waals surface area contributed by atoms with Crippen LogP contribution in [0.15, 0.2) is 0 Å². The van der Waals surface area contributed by atoms with Crippen LogP contribution in [0, 0.1) is 5.92 Å². The maximum absolute atomic E-state index is 11.9. The topological polar surface area (TPSA) is 38.3 Å². The van der Waals surface area contributed by atoms with Crippen LogP contribution in [-0.2, 0) is 9.09 Å². The second-order valence-corrected chi connectivity index (χ2v) is 6.69. The molecule has 2 saturated carbocycles. The fourth-order valence-electron chi connectivity index (χ4n) is 2.87. The summed E-state index contributed by atoms with van der Waals surface area (Å²) in [7, 11) is -1.64. The third-order valence-corrected chi connectivity index (χ3v) is 5.17. The summed E-state index contributed by atoms with van der Waals surface area (Å²) in [6.45, 7) is 2.30. The van der Waals surface area contributed by atoms with Crippen LogP contribution < -0.4 is 5.09 Å². The Bertz CT molecular complexity index is 246. The maximum Gasteiger partial charge on any atom is 0.613 e. The average molecular weight is 258 g/mol. The van der Waals surface area contributed by atoms with E-state index in [0.29, 0.717) is 6.04 Å². The molecule has 0 aromatic rings. The lowest BCUT2D eigenvalue weighted by atomic mass is 9.88. The Morgan fingerprint density at radius 2 is 1.65 bits per heavy atom. The Hall–Kier alpha value is 0.0200. The van der Waals surface area contributed by atoms with E-state index in [4.69, 9.17) is 4.52 Å². The molecule has 0 spiro atoms. The maximum atomic E-state index is 11.9. The van der Waals surface area contributed by atoms with Gasteiger partial charge in [-0.05, 0) is 49.0 Å². The van der Waals surface area contributed by atoms with Gasteiger partial charge in [0.05, 0.1) is 6.04 Å². The minimum absolute atomic E-state index is 0.238. The van der Waals surface area contributed by atoms with Crippen molar-refractivity contribution in [3.8, 4) is 0 Å². The van der Waals surface area contributed by atoms with Crippen molar-refractivity contribution in [1.82, 2.24) is 5.09 Å². The SMILES string of the molecule is CC1CCC(N[P+](=O)OC2CCCCC2)CC1. The van der Waals surface area contributed by atoms with E-state index in [1.165, 1.54) is 32.1 Å². The van der Waals surface area contributed by atoms with Crippen molar-refractivity contribution in [3.63, 3.8) is 0 Å². The lowest BCUT2D eigenvalue weighted by Crippen LogP contribution is -2.29. The van der Waals surface area contributed by atoms with Gasteiger partial charge >= 0.3 is 8.18 Å². The van der Waals surface area contributed by atoms with E-state index in [-0.39, 0.29) is 6.10 Å². The highest BCUT2D eigenvalue weighted by Gasteiger charge is 2.31. The van der Waals surface area contributed by atoms with Crippen LogP contribution in [-0.4, -0.2) is 12.1 Å². The average Bonchev–Trinajstić information content (AvgIpc) is 2.33. The normalized spacial score (nSPS) is 32.4. The van der Waals surface area contributed by atoms with Crippen LogP contribution in [0.5, 0.6) is 0 Å². The predicted molar refractivity (Wildman–Crippen MR) is 70.1 cm³/mol. The molecule has 1 unspecified atom stereocenters. The van der Waals surface area contributed by atoms with Gasteiger partial charge in [-0.15, -0.1) is 4.52 Å². The monoisotopic (exact) mass is 258 g/mol. The molecule has 98 valence electrons. The van der Waals surface area contributed by atoms with Crippen LogP contribution in [0.1, 0.15) is 64.7 Å². The first-order valence-electron chi connectivity index (χ1n) is 7.14. The van der Waals surface area contributed by atoms with Crippen molar-refractivity contribution in [2.75, 3.05) is 0 Å². The van der Waals surface area contributed by atoms with Gasteiger partial charge in [-0.3, -0.25) is 0 Å². The first-order valence-corrected chi connectivity index (χ1v) is 8.32. The van der Waals surface area contributed by atoms with Gasteiger partial charge in [0.15, 0.2) is 0 Å². The third kappa shape index (κ3) is 4.65. The molecule has 2 rings (SSSR count). The first-order chi connectivity index (χ1) is 8.24. The summed E-state index contributed by atoms with van der Waals surface area (Å²) in [4.78, 5) is 0. The summed E-state index contributed by atoms with van der Waals surface area (Å²) in [6, 6.07) is 0.415. The molecule has 0 aromatic heterocycles. The predicted octanol–water partition coefficient (Wildman–Crippen LogP) is 4.16. The molecule has 2 fully saturated rings. The van der Waals surface area contributed by atoms with Crippen LogP contribution >= 0.6 is 8.18 Å². The van der Waals surface area contributed by atoms with Crippen molar-refractivity contribution >= 4 is 8.18 Å². The molecular weight excluding hydrogens is 233 g/mol. The molecule has 1 N–H and O–H groups in total. The fourth-order valence-corrected chi connectivity index (χ4v) is 3.97. The van der Waals surface area contributed by atoms with Gasteiger partial charge in [0.1, 0.15) is 6.10 Å². The lowest BCUT2D eigenvalue weighted by molar-refractivity contribution is 0.160. The van der Waals surface area contributed by atoms with E-state index in [1.807, 2.05) is 0 Å². The van der Waals surface area contributed by atoms with Crippen LogP contribution in [0.4, 0.5) is 0 Å². The summed E-state index contributed by atoms with van der Waals surface area (Å²) in [6.07, 6.45) is 11.0. The number of hydrogen-bond donors (Lipinski definition) is 1. The molecule has 2 aliphatic carbocycles. The Morgan fingerprint density at radius 1 is 1.00 bits per heavy atom. The van der Waals surface area contributed by atoms with Crippen LogP contribution in [0.25, 0.3) is 0 Å². The Labute approximate surface area is 106 Å². The molecule has 0 heterocycles. The minimum atomic E-state index is -1.64. The van der Waals surface area contributed by atoms with Crippen LogP contribution in [0.2, 0.25) is 0 Å². The molecule has 0 saturated heterocycles. The molecule has 1 atom stereocenters.